The van der Waals surface area contributed by atoms with Crippen molar-refractivity contribution >= 4 is 29.1 Å². The first kappa shape index (κ1) is 15.3. The molecule has 18 heavy (non-hydrogen) atoms. The van der Waals surface area contributed by atoms with Crippen LogP contribution in [-0.4, -0.2) is 18.3 Å². The van der Waals surface area contributed by atoms with Gasteiger partial charge in [-0.3, -0.25) is 4.79 Å². The summed E-state index contributed by atoms with van der Waals surface area (Å²) in [5.41, 5.74) is 0.363. The number of rotatable bonds is 6. The molecule has 2 nitrogen and oxygen atoms in total. The molecule has 1 rings (SSSR count). The van der Waals surface area contributed by atoms with Gasteiger partial charge in [-0.05, 0) is 30.5 Å². The first-order valence-electron chi connectivity index (χ1n) is 5.87. The summed E-state index contributed by atoms with van der Waals surface area (Å²) in [6.45, 7) is 2.62. The Morgan fingerprint density at radius 3 is 2.78 bits per heavy atom. The molecule has 1 aromatic carbocycles. The topological polar surface area (TPSA) is 29.1 Å². The third kappa shape index (κ3) is 4.46. The van der Waals surface area contributed by atoms with E-state index in [0.29, 0.717) is 23.9 Å². The van der Waals surface area contributed by atoms with Crippen molar-refractivity contribution in [2.75, 3.05) is 12.4 Å². The predicted molar refractivity (Wildman–Crippen MR) is 72.9 cm³/mol. The van der Waals surface area contributed by atoms with Gasteiger partial charge >= 0.3 is 0 Å². The first-order chi connectivity index (χ1) is 8.58. The van der Waals surface area contributed by atoms with Crippen LogP contribution in [0.2, 0.25) is 5.02 Å². The minimum Gasteiger partial charge on any atom is -0.352 e. The van der Waals surface area contributed by atoms with Crippen molar-refractivity contribution in [3.63, 3.8) is 0 Å². The maximum absolute atomic E-state index is 13.0. The summed E-state index contributed by atoms with van der Waals surface area (Å²) < 4.78 is 13.0. The fraction of sp³-hybridized carbons (Fsp3) is 0.462. The number of benzene rings is 1. The Hall–Kier alpha value is -0.800. The molecule has 100 valence electrons. The highest BCUT2D eigenvalue weighted by atomic mass is 35.5. The van der Waals surface area contributed by atoms with E-state index in [1.54, 1.807) is 0 Å². The zero-order chi connectivity index (χ0) is 13.5. The minimum atomic E-state index is -0.526. The molecular formula is C13H16Cl2FNO. The molecule has 1 amide bonds. The van der Waals surface area contributed by atoms with Crippen LogP contribution in [0.4, 0.5) is 4.39 Å². The zero-order valence-electron chi connectivity index (χ0n) is 10.2. The number of halogens is 3. The smallest absolute Gasteiger partial charge is 0.251 e. The van der Waals surface area contributed by atoms with Crippen LogP contribution < -0.4 is 5.32 Å². The number of alkyl halides is 1. The van der Waals surface area contributed by atoms with E-state index >= 15 is 0 Å². The fourth-order valence-electron chi connectivity index (χ4n) is 1.58. The fourth-order valence-corrected chi connectivity index (χ4v) is 2.07. The molecule has 0 spiro atoms. The van der Waals surface area contributed by atoms with Crippen molar-refractivity contribution < 1.29 is 9.18 Å². The lowest BCUT2D eigenvalue weighted by Gasteiger charge is -2.14. The third-order valence-corrected chi connectivity index (χ3v) is 3.34. The highest BCUT2D eigenvalue weighted by Crippen LogP contribution is 2.16. The van der Waals surface area contributed by atoms with E-state index in [1.807, 2.05) is 0 Å². The van der Waals surface area contributed by atoms with Crippen molar-refractivity contribution in [1.29, 1.82) is 0 Å². The molecule has 0 aliphatic rings. The molecular weight excluding hydrogens is 276 g/mol. The maximum Gasteiger partial charge on any atom is 0.251 e. The minimum absolute atomic E-state index is 0.0459. The van der Waals surface area contributed by atoms with Gasteiger partial charge in [-0.2, -0.15) is 0 Å². The number of carbonyl (C=O) groups excluding carboxylic acids is 1. The van der Waals surface area contributed by atoms with Crippen molar-refractivity contribution in [1.82, 2.24) is 5.32 Å². The third-order valence-electron chi connectivity index (χ3n) is 2.83. The van der Waals surface area contributed by atoms with E-state index in [1.165, 1.54) is 18.2 Å². The molecule has 0 bridgehead atoms. The van der Waals surface area contributed by atoms with Crippen LogP contribution in [0.25, 0.3) is 0 Å². The summed E-state index contributed by atoms with van der Waals surface area (Å²) in [7, 11) is 0. The van der Waals surface area contributed by atoms with Crippen molar-refractivity contribution in [3.05, 3.63) is 34.6 Å². The summed E-state index contributed by atoms with van der Waals surface area (Å²) in [6, 6.07) is 3.93. The zero-order valence-corrected chi connectivity index (χ0v) is 11.7. The number of hydrogen-bond donors (Lipinski definition) is 1. The van der Waals surface area contributed by atoms with Crippen LogP contribution in [0.3, 0.4) is 0 Å². The summed E-state index contributed by atoms with van der Waals surface area (Å²) in [5.74, 6) is 0.172. The van der Waals surface area contributed by atoms with Gasteiger partial charge in [0, 0.05) is 18.0 Å². The van der Waals surface area contributed by atoms with Gasteiger partial charge in [0.2, 0.25) is 0 Å². The second-order valence-corrected chi connectivity index (χ2v) is 4.88. The molecule has 1 N–H and O–H groups in total. The van der Waals surface area contributed by atoms with Crippen LogP contribution >= 0.6 is 23.2 Å². The Bertz CT molecular complexity index is 412. The molecule has 5 heteroatoms. The Labute approximate surface area is 116 Å². The van der Waals surface area contributed by atoms with Gasteiger partial charge in [0.15, 0.2) is 0 Å². The molecule has 1 aromatic rings. The first-order valence-corrected chi connectivity index (χ1v) is 6.79. The van der Waals surface area contributed by atoms with Crippen LogP contribution in [0.5, 0.6) is 0 Å². The lowest BCUT2D eigenvalue weighted by Crippen LogP contribution is -2.29. The molecule has 1 unspecified atom stereocenters. The highest BCUT2D eigenvalue weighted by Gasteiger charge is 2.11. The normalized spacial score (nSPS) is 12.2. The molecule has 0 aliphatic carbocycles. The molecule has 0 fully saturated rings. The number of nitrogens with one attached hydrogen (secondary N) is 1. The molecule has 0 aromatic heterocycles. The average Bonchev–Trinajstić information content (AvgIpc) is 2.37. The molecule has 0 heterocycles. The van der Waals surface area contributed by atoms with Crippen LogP contribution in [0.15, 0.2) is 18.2 Å². The largest absolute Gasteiger partial charge is 0.352 e. The lowest BCUT2D eigenvalue weighted by molar-refractivity contribution is 0.0946. The molecule has 0 saturated carbocycles. The van der Waals surface area contributed by atoms with Gasteiger partial charge in [0.25, 0.3) is 5.91 Å². The Morgan fingerprint density at radius 2 is 2.22 bits per heavy atom. The molecule has 0 radical (unpaired) electrons. The van der Waals surface area contributed by atoms with E-state index < -0.39 is 5.82 Å². The number of hydrogen-bond acceptors (Lipinski definition) is 1. The van der Waals surface area contributed by atoms with Crippen molar-refractivity contribution in [2.45, 2.75) is 19.8 Å². The van der Waals surface area contributed by atoms with Gasteiger partial charge in [-0.15, -0.1) is 11.6 Å². The van der Waals surface area contributed by atoms with Gasteiger partial charge in [0.05, 0.1) is 5.02 Å². The van der Waals surface area contributed by atoms with E-state index in [-0.39, 0.29) is 10.9 Å². The van der Waals surface area contributed by atoms with Gasteiger partial charge in [-0.25, -0.2) is 4.39 Å². The molecule has 0 saturated heterocycles. The second-order valence-electron chi connectivity index (χ2n) is 4.09. The summed E-state index contributed by atoms with van der Waals surface area (Å²) >= 11 is 11.3. The molecule has 1 atom stereocenters. The average molecular weight is 292 g/mol. The van der Waals surface area contributed by atoms with E-state index in [0.717, 1.165) is 12.8 Å². The van der Waals surface area contributed by atoms with Gasteiger partial charge < -0.3 is 5.32 Å². The Balaban J connectivity index is 2.57. The highest BCUT2D eigenvalue weighted by molar-refractivity contribution is 6.31. The van der Waals surface area contributed by atoms with Gasteiger partial charge in [-0.1, -0.05) is 24.9 Å². The van der Waals surface area contributed by atoms with E-state index in [2.05, 4.69) is 12.2 Å². The van der Waals surface area contributed by atoms with Crippen LogP contribution in [0, 0.1) is 11.7 Å². The van der Waals surface area contributed by atoms with Crippen LogP contribution in [0.1, 0.15) is 30.1 Å². The second kappa shape index (κ2) is 7.59. The Morgan fingerprint density at radius 1 is 1.50 bits per heavy atom. The summed E-state index contributed by atoms with van der Waals surface area (Å²) in [5, 5.41) is 2.76. The van der Waals surface area contributed by atoms with Gasteiger partial charge in [0.1, 0.15) is 5.82 Å². The predicted octanol–water partition coefficient (Wildman–Crippen LogP) is 3.86. The monoisotopic (exact) mass is 291 g/mol. The summed E-state index contributed by atoms with van der Waals surface area (Å²) in [6.07, 6.45) is 1.82. The van der Waals surface area contributed by atoms with E-state index in [4.69, 9.17) is 23.2 Å². The number of amides is 1. The standard InChI is InChI=1S/C13H16Cl2FNO/c1-2-9(5-6-14)8-17-13(18)10-3-4-12(16)11(15)7-10/h3-4,7,9H,2,5-6,8H2,1H3,(H,17,18). The van der Waals surface area contributed by atoms with Crippen molar-refractivity contribution in [3.8, 4) is 0 Å². The van der Waals surface area contributed by atoms with Crippen molar-refractivity contribution in [2.24, 2.45) is 5.92 Å². The SMILES string of the molecule is CCC(CCCl)CNC(=O)c1ccc(F)c(Cl)c1. The quantitative estimate of drug-likeness (QED) is 0.792. The Kier molecular flexibility index (Phi) is 6.44. The van der Waals surface area contributed by atoms with E-state index in [9.17, 15) is 9.18 Å². The summed E-state index contributed by atoms with van der Waals surface area (Å²) in [4.78, 5) is 11.8. The number of carbonyl (C=O) groups is 1. The van der Waals surface area contributed by atoms with Crippen LogP contribution in [-0.2, 0) is 0 Å². The maximum atomic E-state index is 13.0. The lowest BCUT2D eigenvalue weighted by atomic mass is 10.0. The molecule has 0 aliphatic heterocycles.